The summed E-state index contributed by atoms with van der Waals surface area (Å²) in [5, 5.41) is 14.3. The van der Waals surface area contributed by atoms with Crippen LogP contribution >= 0.6 is 11.3 Å². The fourth-order valence-electron chi connectivity index (χ4n) is 6.11. The number of likely N-dealkylation sites (tertiary alicyclic amines) is 1. The second-order valence-electron chi connectivity index (χ2n) is 13.6. The van der Waals surface area contributed by atoms with Gasteiger partial charge in [-0.15, -0.1) is 17.9 Å². The summed E-state index contributed by atoms with van der Waals surface area (Å²) in [4.78, 5) is 53.2. The fraction of sp³-hybridized carbons (Fsp3) is 0.485. The van der Waals surface area contributed by atoms with Gasteiger partial charge in [-0.25, -0.2) is 18.4 Å². The zero-order valence-corrected chi connectivity index (χ0v) is 28.1. The van der Waals surface area contributed by atoms with E-state index in [0.29, 0.717) is 29.6 Å². The molecule has 3 fully saturated rings. The first-order valence-electron chi connectivity index (χ1n) is 15.7. The molecule has 3 aliphatic rings. The van der Waals surface area contributed by atoms with E-state index in [2.05, 4.69) is 16.6 Å². The molecule has 12 nitrogen and oxygen atoms in total. The lowest BCUT2D eigenvalue weighted by Gasteiger charge is -2.34. The molecule has 0 spiro atoms. The molecule has 1 aromatic carbocycles. The van der Waals surface area contributed by atoms with Crippen molar-refractivity contribution in [1.82, 2.24) is 24.9 Å². The molecule has 47 heavy (non-hydrogen) atoms. The van der Waals surface area contributed by atoms with Crippen LogP contribution in [-0.4, -0.2) is 82.2 Å². The predicted molar refractivity (Wildman–Crippen MR) is 177 cm³/mol. The minimum atomic E-state index is -3.86. The van der Waals surface area contributed by atoms with Crippen LogP contribution in [-0.2, 0) is 24.4 Å². The number of carbonyl (C=O) groups is 3. The van der Waals surface area contributed by atoms with E-state index in [0.717, 1.165) is 4.88 Å². The number of fused-ring (bicyclic) bond motifs is 1. The Hall–Kier alpha value is -3.88. The smallest absolute Gasteiger partial charge is 0.259 e. The molecule has 0 radical (unpaired) electrons. The average molecular weight is 682 g/mol. The van der Waals surface area contributed by atoms with E-state index in [1.165, 1.54) is 22.3 Å². The van der Waals surface area contributed by atoms with Crippen LogP contribution in [0, 0.1) is 17.3 Å². The van der Waals surface area contributed by atoms with Crippen molar-refractivity contribution in [3.8, 4) is 16.5 Å². The highest BCUT2D eigenvalue weighted by atomic mass is 32.2. The summed E-state index contributed by atoms with van der Waals surface area (Å²) in [6.07, 6.45) is 2.02. The number of aromatic nitrogens is 2. The monoisotopic (exact) mass is 681 g/mol. The summed E-state index contributed by atoms with van der Waals surface area (Å²) >= 11 is 1.48. The van der Waals surface area contributed by atoms with Gasteiger partial charge in [-0.1, -0.05) is 45.0 Å². The molecule has 3 amide bonds. The van der Waals surface area contributed by atoms with Crippen LogP contribution in [0.15, 0.2) is 54.4 Å². The number of hydrogen-bond donors (Lipinski definition) is 3. The number of hydrogen-bond acceptors (Lipinski definition) is 10. The lowest BCUT2D eigenvalue weighted by atomic mass is 9.80. The minimum absolute atomic E-state index is 0.0159. The highest BCUT2D eigenvalue weighted by molar-refractivity contribution is 7.91. The maximum absolute atomic E-state index is 14.1. The van der Waals surface area contributed by atoms with Crippen LogP contribution in [0.25, 0.3) is 21.6 Å². The Morgan fingerprint density at radius 1 is 1.17 bits per heavy atom. The molecule has 2 saturated carbocycles. The molecule has 14 heteroatoms. The molecule has 3 heterocycles. The van der Waals surface area contributed by atoms with Crippen molar-refractivity contribution in [2.24, 2.45) is 17.3 Å². The SMILES string of the molecule is C=C[C@@H]1C[C@]1(NC(=O)[C@@H]1C[C@@H](Oc2nc3ccccc3nc2-c2cccs2)CN1C(=O)[C@@H](CO)C(C)(C)C)C(=O)NS(=O)(=O)C1CC1. The molecule has 5 atom stereocenters. The number of para-hydroxylation sites is 2. The van der Waals surface area contributed by atoms with Crippen molar-refractivity contribution in [3.05, 3.63) is 54.4 Å². The molecule has 3 N–H and O–H groups in total. The highest BCUT2D eigenvalue weighted by Crippen LogP contribution is 2.46. The quantitative estimate of drug-likeness (QED) is 0.258. The van der Waals surface area contributed by atoms with Crippen LogP contribution < -0.4 is 14.8 Å². The van der Waals surface area contributed by atoms with Gasteiger partial charge in [-0.2, -0.15) is 0 Å². The number of nitrogens with one attached hydrogen (secondary N) is 2. The van der Waals surface area contributed by atoms with Crippen LogP contribution in [0.5, 0.6) is 5.88 Å². The number of benzene rings is 1. The summed E-state index contributed by atoms with van der Waals surface area (Å²) in [6, 6.07) is 10.1. The maximum atomic E-state index is 14.1. The van der Waals surface area contributed by atoms with E-state index in [4.69, 9.17) is 14.7 Å². The molecule has 1 aliphatic heterocycles. The van der Waals surface area contributed by atoms with Crippen molar-refractivity contribution >= 4 is 50.1 Å². The summed E-state index contributed by atoms with van der Waals surface area (Å²) in [5.74, 6) is -2.92. The van der Waals surface area contributed by atoms with Crippen molar-refractivity contribution in [3.63, 3.8) is 0 Å². The van der Waals surface area contributed by atoms with Crippen LogP contribution in [0.4, 0.5) is 0 Å². The molecule has 1 saturated heterocycles. The zero-order valence-electron chi connectivity index (χ0n) is 26.5. The van der Waals surface area contributed by atoms with E-state index >= 15 is 0 Å². The highest BCUT2D eigenvalue weighted by Gasteiger charge is 2.62. The molecular formula is C33H39N5O7S2. The van der Waals surface area contributed by atoms with E-state index in [1.54, 1.807) is 0 Å². The number of aliphatic hydroxyl groups excluding tert-OH is 1. The molecule has 0 bridgehead atoms. The van der Waals surface area contributed by atoms with Gasteiger partial charge >= 0.3 is 0 Å². The van der Waals surface area contributed by atoms with Crippen LogP contribution in [0.2, 0.25) is 0 Å². The van der Waals surface area contributed by atoms with Crippen molar-refractivity contribution in [2.75, 3.05) is 13.2 Å². The minimum Gasteiger partial charge on any atom is -0.471 e. The third-order valence-corrected chi connectivity index (χ3v) is 11.9. The zero-order chi connectivity index (χ0) is 33.7. The third-order valence-electron chi connectivity index (χ3n) is 9.19. The Balaban J connectivity index is 1.30. The van der Waals surface area contributed by atoms with E-state index < -0.39 is 74.5 Å². The standard InChI is InChI=1S/C33H39N5O7S2/c1-5-19-16-33(19,31(42)37-47(43,44)21-12-13-21)36-28(40)25-15-20(17-38(25)30(41)22(18-39)32(2,3)4)45-29-27(26-11-8-14-46-26)34-23-9-6-7-10-24(23)35-29/h5-11,14,19-22,25,39H,1,12-13,15-18H2,2-4H3,(H,36,40)(H,37,42)/t19-,20-,22-,25+,33-/m1/s1. The average Bonchev–Trinajstić information content (AvgIpc) is 3.89. The maximum Gasteiger partial charge on any atom is 0.259 e. The molecular weight excluding hydrogens is 643 g/mol. The van der Waals surface area contributed by atoms with Gasteiger partial charge in [0.15, 0.2) is 0 Å². The normalized spacial score (nSPS) is 24.9. The van der Waals surface area contributed by atoms with Crippen molar-refractivity contribution in [1.29, 1.82) is 0 Å². The number of rotatable bonds is 11. The van der Waals surface area contributed by atoms with Gasteiger partial charge in [-0.05, 0) is 48.3 Å². The van der Waals surface area contributed by atoms with Crippen LogP contribution in [0.1, 0.15) is 46.5 Å². The van der Waals surface area contributed by atoms with Gasteiger partial charge in [0.05, 0.1) is 40.2 Å². The van der Waals surface area contributed by atoms with Gasteiger partial charge < -0.3 is 20.1 Å². The lowest BCUT2D eigenvalue weighted by Crippen LogP contribution is -2.57. The fourth-order valence-corrected chi connectivity index (χ4v) is 8.18. The number of carbonyl (C=O) groups excluding carboxylic acids is 3. The van der Waals surface area contributed by atoms with E-state index in [1.807, 2.05) is 62.5 Å². The first-order valence-corrected chi connectivity index (χ1v) is 18.1. The lowest BCUT2D eigenvalue weighted by molar-refractivity contribution is -0.146. The topological polar surface area (TPSA) is 168 Å². The Kier molecular flexibility index (Phi) is 8.64. The second kappa shape index (κ2) is 12.3. The summed E-state index contributed by atoms with van der Waals surface area (Å²) in [5.41, 5.74) is -0.287. The molecule has 250 valence electrons. The number of nitrogens with zero attached hydrogens (tertiary/aromatic N) is 3. The van der Waals surface area contributed by atoms with Gasteiger partial charge in [0.1, 0.15) is 23.4 Å². The van der Waals surface area contributed by atoms with Crippen molar-refractivity contribution < 1.29 is 32.6 Å². The van der Waals surface area contributed by atoms with Crippen LogP contribution in [0.3, 0.4) is 0 Å². The number of thiophene rings is 1. The summed E-state index contributed by atoms with van der Waals surface area (Å²) < 4.78 is 33.8. The second-order valence-corrected chi connectivity index (χ2v) is 16.5. The Morgan fingerprint density at radius 3 is 2.45 bits per heavy atom. The largest absolute Gasteiger partial charge is 0.471 e. The predicted octanol–water partition coefficient (Wildman–Crippen LogP) is 3.03. The Bertz CT molecular complexity index is 1820. The number of amides is 3. The van der Waals surface area contributed by atoms with Crippen molar-refractivity contribution in [2.45, 2.75) is 69.4 Å². The number of sulfonamides is 1. The first kappa shape index (κ1) is 33.0. The van der Waals surface area contributed by atoms with Gasteiger partial charge in [0, 0.05) is 12.3 Å². The van der Waals surface area contributed by atoms with Gasteiger partial charge in [0.2, 0.25) is 27.7 Å². The number of ether oxygens (including phenoxy) is 1. The molecule has 2 aliphatic carbocycles. The first-order chi connectivity index (χ1) is 22.3. The summed E-state index contributed by atoms with van der Waals surface area (Å²) in [7, 11) is -3.86. The van der Waals surface area contributed by atoms with E-state index in [-0.39, 0.29) is 25.3 Å². The Morgan fingerprint density at radius 2 is 1.87 bits per heavy atom. The van der Waals surface area contributed by atoms with Gasteiger partial charge in [-0.3, -0.25) is 19.1 Å². The number of aliphatic hydroxyl groups is 1. The Labute approximate surface area is 277 Å². The molecule has 6 rings (SSSR count). The van der Waals surface area contributed by atoms with Gasteiger partial charge in [0.25, 0.3) is 5.91 Å². The molecule has 3 aromatic rings. The molecule has 0 unspecified atom stereocenters. The summed E-state index contributed by atoms with van der Waals surface area (Å²) in [6.45, 7) is 8.85. The molecule has 2 aromatic heterocycles. The third kappa shape index (κ3) is 6.50. The van der Waals surface area contributed by atoms with E-state index in [9.17, 15) is 27.9 Å².